The predicted molar refractivity (Wildman–Crippen MR) is 94.3 cm³/mol. The number of hydrogen-bond acceptors (Lipinski definition) is 6. The smallest absolute Gasteiger partial charge is 0.272 e. The van der Waals surface area contributed by atoms with Crippen molar-refractivity contribution in [1.29, 1.82) is 0 Å². The molecule has 1 N–H and O–H groups in total. The van der Waals surface area contributed by atoms with E-state index in [4.69, 9.17) is 0 Å². The highest BCUT2D eigenvalue weighted by Crippen LogP contribution is 2.29. The van der Waals surface area contributed by atoms with Crippen molar-refractivity contribution in [3.05, 3.63) is 86.5 Å². The third-order valence-corrected chi connectivity index (χ3v) is 3.86. The van der Waals surface area contributed by atoms with Crippen LogP contribution in [0.1, 0.15) is 0 Å². The molecule has 0 heterocycles. The van der Waals surface area contributed by atoms with Gasteiger partial charge in [0.1, 0.15) is 5.69 Å². The van der Waals surface area contributed by atoms with Crippen molar-refractivity contribution in [1.82, 2.24) is 0 Å². The first-order valence-electron chi connectivity index (χ1n) is 7.51. The second kappa shape index (κ2) is 6.91. The van der Waals surface area contributed by atoms with Gasteiger partial charge in [0.15, 0.2) is 0 Å². The van der Waals surface area contributed by atoms with Crippen LogP contribution < -0.4 is 5.43 Å². The maximum atomic E-state index is 11.1. The molecule has 0 saturated heterocycles. The Hall–Kier alpha value is -3.55. The fourth-order valence-corrected chi connectivity index (χ4v) is 2.60. The van der Waals surface area contributed by atoms with Gasteiger partial charge in [0, 0.05) is 17.9 Å². The Labute approximate surface area is 142 Å². The number of fused-ring (bicyclic) bond motifs is 1. The summed E-state index contributed by atoms with van der Waals surface area (Å²) in [5, 5.41) is 25.9. The maximum Gasteiger partial charge on any atom is 0.301 e. The molecule has 0 saturated carbocycles. The summed E-state index contributed by atoms with van der Waals surface area (Å²) in [5.74, 6) is 0.287. The summed E-state index contributed by atoms with van der Waals surface area (Å²) in [6.45, 7) is 0. The van der Waals surface area contributed by atoms with Crippen molar-refractivity contribution >= 4 is 23.3 Å². The van der Waals surface area contributed by atoms with Gasteiger partial charge in [-0.25, -0.2) is 0 Å². The quantitative estimate of drug-likeness (QED) is 0.380. The molecule has 0 aliphatic heterocycles. The van der Waals surface area contributed by atoms with E-state index in [1.165, 1.54) is 12.1 Å². The molecule has 126 valence electrons. The molecule has 0 amide bonds. The van der Waals surface area contributed by atoms with Crippen LogP contribution in [0.2, 0.25) is 0 Å². The van der Waals surface area contributed by atoms with Crippen molar-refractivity contribution < 1.29 is 9.85 Å². The van der Waals surface area contributed by atoms with Gasteiger partial charge in [0.05, 0.1) is 22.1 Å². The highest BCUT2D eigenvalue weighted by atomic mass is 16.6. The van der Waals surface area contributed by atoms with E-state index in [1.807, 2.05) is 24.3 Å². The first kappa shape index (κ1) is 16.3. The summed E-state index contributed by atoms with van der Waals surface area (Å²) in [6, 6.07) is 3.37. The number of hydrogen-bond donors (Lipinski definition) is 1. The number of anilines is 1. The monoisotopic (exact) mass is 338 g/mol. The van der Waals surface area contributed by atoms with E-state index in [0.29, 0.717) is 0 Å². The summed E-state index contributed by atoms with van der Waals surface area (Å²) in [6.07, 6.45) is 15.9. The topological polar surface area (TPSA) is 111 Å². The highest BCUT2D eigenvalue weighted by Gasteiger charge is 2.19. The van der Waals surface area contributed by atoms with Gasteiger partial charge in [-0.1, -0.05) is 42.5 Å². The van der Waals surface area contributed by atoms with Crippen molar-refractivity contribution in [3.8, 4) is 0 Å². The summed E-state index contributed by atoms with van der Waals surface area (Å²) in [7, 11) is 0. The Morgan fingerprint density at radius 1 is 1.04 bits per heavy atom. The van der Waals surface area contributed by atoms with E-state index in [9.17, 15) is 20.2 Å². The highest BCUT2D eigenvalue weighted by molar-refractivity contribution is 5.82. The number of nitrogens with one attached hydrogen (secondary N) is 1. The Morgan fingerprint density at radius 2 is 1.84 bits per heavy atom. The zero-order valence-electron chi connectivity index (χ0n) is 13.0. The van der Waals surface area contributed by atoms with Gasteiger partial charge < -0.3 is 0 Å². The van der Waals surface area contributed by atoms with Crippen molar-refractivity contribution in [3.63, 3.8) is 0 Å². The number of non-ortho nitro benzene ring substituents is 1. The molecule has 1 aromatic carbocycles. The molecule has 2 unspecified atom stereocenters. The zero-order valence-corrected chi connectivity index (χ0v) is 13.0. The van der Waals surface area contributed by atoms with Crippen LogP contribution in [0, 0.1) is 32.1 Å². The molecule has 4 rings (SSSR count). The van der Waals surface area contributed by atoms with Crippen molar-refractivity contribution in [2.45, 2.75) is 0 Å². The average molecular weight is 338 g/mol. The molecule has 3 aliphatic rings. The first-order chi connectivity index (χ1) is 12.0. The number of rotatable bonds is 5. The third-order valence-electron chi connectivity index (χ3n) is 3.86. The zero-order chi connectivity index (χ0) is 17.8. The number of hydrazone groups is 1. The summed E-state index contributed by atoms with van der Waals surface area (Å²) < 4.78 is 0. The van der Waals surface area contributed by atoms with Crippen LogP contribution in [0.5, 0.6) is 0 Å². The van der Waals surface area contributed by atoms with Crippen LogP contribution in [-0.4, -0.2) is 16.1 Å². The molecule has 2 atom stereocenters. The van der Waals surface area contributed by atoms with Crippen molar-refractivity contribution in [2.75, 3.05) is 5.43 Å². The molecule has 0 spiro atoms. The Bertz CT molecular complexity index is 867. The maximum absolute atomic E-state index is 11.1. The normalized spacial score (nSPS) is 23.6. The first-order valence-corrected chi connectivity index (χ1v) is 7.51. The van der Waals surface area contributed by atoms with Crippen LogP contribution in [0.4, 0.5) is 17.1 Å². The lowest BCUT2D eigenvalue weighted by Crippen LogP contribution is -2.09. The lowest BCUT2D eigenvalue weighted by Gasteiger charge is -2.18. The van der Waals surface area contributed by atoms with Gasteiger partial charge in [0.25, 0.3) is 5.69 Å². The van der Waals surface area contributed by atoms with Gasteiger partial charge in [-0.3, -0.25) is 25.7 Å². The van der Waals surface area contributed by atoms with Gasteiger partial charge in [-0.15, -0.1) is 0 Å². The van der Waals surface area contributed by atoms with Crippen LogP contribution in [-0.2, 0) is 0 Å². The van der Waals surface area contributed by atoms with Crippen LogP contribution in [0.25, 0.3) is 0 Å². The van der Waals surface area contributed by atoms with E-state index < -0.39 is 15.5 Å². The van der Waals surface area contributed by atoms with E-state index in [1.54, 1.807) is 6.21 Å². The second-order valence-corrected chi connectivity index (χ2v) is 5.51. The Balaban J connectivity index is 1.80. The fourth-order valence-electron chi connectivity index (χ4n) is 2.60. The lowest BCUT2D eigenvalue weighted by atomic mass is 9.87. The van der Waals surface area contributed by atoms with E-state index >= 15 is 0 Å². The minimum Gasteiger partial charge on any atom is -0.272 e. The molecule has 8 heteroatoms. The van der Waals surface area contributed by atoms with E-state index in [0.717, 1.165) is 11.6 Å². The average Bonchev–Trinajstić information content (AvgIpc) is 2.55. The minimum absolute atomic E-state index is 0.0921. The molecule has 0 aromatic heterocycles. The molecular weight excluding hydrogens is 324 g/mol. The summed E-state index contributed by atoms with van der Waals surface area (Å²) >= 11 is 0. The number of allylic oxidation sites excluding steroid dienone is 8. The van der Waals surface area contributed by atoms with Gasteiger partial charge in [-0.05, 0) is 11.6 Å². The predicted octanol–water partition coefficient (Wildman–Crippen LogP) is 3.76. The number of nitro groups is 2. The lowest BCUT2D eigenvalue weighted by molar-refractivity contribution is -0.393. The molecule has 8 nitrogen and oxygen atoms in total. The number of nitro benzene ring substituents is 2. The summed E-state index contributed by atoms with van der Waals surface area (Å²) in [5.41, 5.74) is 2.91. The number of benzene rings is 1. The largest absolute Gasteiger partial charge is 0.301 e. The van der Waals surface area contributed by atoms with Crippen LogP contribution in [0.3, 0.4) is 0 Å². The van der Waals surface area contributed by atoms with Gasteiger partial charge in [0.2, 0.25) is 0 Å². The SMILES string of the molecule is O=[N+]([O-])c1ccc(N/N=C/C2=CC3C=CC2/C=C\C=C/3)c([N+](=O)[O-])c1. The van der Waals surface area contributed by atoms with E-state index in [-0.39, 0.29) is 23.2 Å². The Kier molecular flexibility index (Phi) is 4.51. The molecule has 0 fully saturated rings. The van der Waals surface area contributed by atoms with Crippen molar-refractivity contribution in [2.24, 2.45) is 16.9 Å². The summed E-state index contributed by atoms with van der Waals surface area (Å²) in [4.78, 5) is 20.5. The van der Waals surface area contributed by atoms with Gasteiger partial charge >= 0.3 is 5.69 Å². The number of nitrogens with zero attached hydrogens (tertiary/aromatic N) is 3. The van der Waals surface area contributed by atoms with E-state index in [2.05, 4.69) is 28.8 Å². The molecule has 25 heavy (non-hydrogen) atoms. The molecule has 3 aliphatic carbocycles. The second-order valence-electron chi connectivity index (χ2n) is 5.51. The van der Waals surface area contributed by atoms with Gasteiger partial charge in [-0.2, -0.15) is 5.10 Å². The molecule has 1 aromatic rings. The fraction of sp³-hybridized carbons (Fsp3) is 0.118. The molecule has 0 radical (unpaired) electrons. The van der Waals surface area contributed by atoms with Crippen LogP contribution in [0.15, 0.2) is 71.4 Å². The minimum atomic E-state index is -0.682. The molecule has 2 bridgehead atoms. The standard InChI is InChI=1S/C17H14N4O4/c22-20(23)15-7-8-16(17(10-15)21(24)25)19-18-11-14-9-12-3-1-2-4-13(14)6-5-12/h1-13,19H/b3-1-,4-2-,18-11+. The van der Waals surface area contributed by atoms with Crippen LogP contribution >= 0.6 is 0 Å². The third kappa shape index (κ3) is 3.69. The molecular formula is C17H14N4O4. The Morgan fingerprint density at radius 3 is 2.60 bits per heavy atom.